The van der Waals surface area contributed by atoms with Gasteiger partial charge in [-0.1, -0.05) is 102 Å². The highest BCUT2D eigenvalue weighted by Gasteiger charge is 2.22. The summed E-state index contributed by atoms with van der Waals surface area (Å²) in [5, 5.41) is 8.66. The van der Waals surface area contributed by atoms with Crippen molar-refractivity contribution in [2.45, 2.75) is 0 Å². The fourth-order valence-electron chi connectivity index (χ4n) is 7.72. The van der Waals surface area contributed by atoms with Crippen LogP contribution >= 0.6 is 22.7 Å². The van der Waals surface area contributed by atoms with Gasteiger partial charge in [-0.3, -0.25) is 4.57 Å². The van der Waals surface area contributed by atoms with Crippen LogP contribution in [0, 0.1) is 0 Å². The number of thiophene rings is 1. The Morgan fingerprint density at radius 1 is 0.417 bits per heavy atom. The molecule has 0 saturated carbocycles. The lowest BCUT2D eigenvalue weighted by Gasteiger charge is -2.07. The number of hydrogen-bond donors (Lipinski definition) is 0. The summed E-state index contributed by atoms with van der Waals surface area (Å²) < 4.78 is 8.64. The second-order valence-corrected chi connectivity index (χ2v) is 14.4. The lowest BCUT2D eigenvalue weighted by Crippen LogP contribution is -1.94. The highest BCUT2D eigenvalue weighted by molar-refractivity contribution is 7.28. The van der Waals surface area contributed by atoms with E-state index in [0.717, 1.165) is 10.6 Å². The molecule has 11 rings (SSSR count). The third kappa shape index (κ3) is 3.60. The van der Waals surface area contributed by atoms with Crippen LogP contribution in [0.25, 0.3) is 95.9 Å². The summed E-state index contributed by atoms with van der Waals surface area (Å²) in [4.78, 5) is 5.35. The van der Waals surface area contributed by atoms with Crippen LogP contribution in [0.1, 0.15) is 0 Å². The first-order chi connectivity index (χ1) is 23.8. The van der Waals surface area contributed by atoms with Gasteiger partial charge in [0.2, 0.25) is 0 Å². The molecule has 7 aromatic carbocycles. The molecule has 0 saturated heterocycles. The highest BCUT2D eigenvalue weighted by atomic mass is 32.1. The van der Waals surface area contributed by atoms with Gasteiger partial charge in [-0.25, -0.2) is 4.98 Å². The van der Waals surface area contributed by atoms with Crippen LogP contribution in [0.3, 0.4) is 0 Å². The molecule has 224 valence electrons. The normalized spacial score (nSPS) is 12.2. The van der Waals surface area contributed by atoms with E-state index < -0.39 is 0 Å². The van der Waals surface area contributed by atoms with Gasteiger partial charge in [0.15, 0.2) is 5.13 Å². The van der Waals surface area contributed by atoms with Crippen molar-refractivity contribution in [3.05, 3.63) is 152 Å². The molecule has 0 N–H and O–H groups in total. The number of benzene rings is 7. The van der Waals surface area contributed by atoms with Crippen molar-refractivity contribution in [2.75, 3.05) is 0 Å². The summed E-state index contributed by atoms with van der Waals surface area (Å²) in [7, 11) is 0. The largest absolute Gasteiger partial charge is 0.309 e. The monoisotopic (exact) mass is 647 g/mol. The molecule has 5 heteroatoms. The molecule has 0 atom stereocenters. The molecule has 0 spiro atoms. The van der Waals surface area contributed by atoms with Gasteiger partial charge in [0.25, 0.3) is 0 Å². The van der Waals surface area contributed by atoms with E-state index in [1.54, 1.807) is 11.3 Å². The van der Waals surface area contributed by atoms with Crippen molar-refractivity contribution in [1.82, 2.24) is 14.1 Å². The molecule has 0 aliphatic heterocycles. The van der Waals surface area contributed by atoms with Crippen LogP contribution in [0.4, 0.5) is 0 Å². The highest BCUT2D eigenvalue weighted by Crippen LogP contribution is 2.46. The molecule has 11 aromatic rings. The number of nitrogens with zero attached hydrogens (tertiary/aromatic N) is 3. The standard InChI is InChI=1S/C43H25N3S2/c1-3-11-26(12-4-1)27-19-23-37-31(25-27)41-38(47-37)24-20-32-42(41)48-43(44-32)46-34-18-10-8-16-30(34)40-36(46)22-21-35-39(40)29-15-7-9-17-33(29)45(35)28-13-5-2-6-14-28/h1-25H. The molecule has 0 amide bonds. The Hall–Kier alpha value is -5.75. The smallest absolute Gasteiger partial charge is 0.195 e. The van der Waals surface area contributed by atoms with Crippen LogP contribution in [-0.4, -0.2) is 14.1 Å². The molecule has 4 heterocycles. The zero-order valence-electron chi connectivity index (χ0n) is 25.6. The first-order valence-corrected chi connectivity index (χ1v) is 17.8. The third-order valence-corrected chi connectivity index (χ3v) is 12.0. The van der Waals surface area contributed by atoms with Gasteiger partial charge < -0.3 is 4.57 Å². The van der Waals surface area contributed by atoms with Gasteiger partial charge in [-0.05, 0) is 71.8 Å². The van der Waals surface area contributed by atoms with Crippen molar-refractivity contribution in [1.29, 1.82) is 0 Å². The summed E-state index contributed by atoms with van der Waals surface area (Å²) in [6, 6.07) is 54.9. The Labute approximate surface area is 283 Å². The maximum absolute atomic E-state index is 5.35. The predicted molar refractivity (Wildman–Crippen MR) is 207 cm³/mol. The topological polar surface area (TPSA) is 22.8 Å². The quantitative estimate of drug-likeness (QED) is 0.187. The second-order valence-electron chi connectivity index (χ2n) is 12.4. The average molecular weight is 648 g/mol. The Bertz CT molecular complexity index is 3050. The van der Waals surface area contributed by atoms with Crippen molar-refractivity contribution in [3.8, 4) is 21.9 Å². The fraction of sp³-hybridized carbons (Fsp3) is 0. The molecule has 0 radical (unpaired) electrons. The van der Waals surface area contributed by atoms with Gasteiger partial charge in [0.05, 0.1) is 32.3 Å². The maximum atomic E-state index is 5.35. The zero-order valence-corrected chi connectivity index (χ0v) is 27.2. The molecule has 0 aliphatic carbocycles. The minimum Gasteiger partial charge on any atom is -0.309 e. The number of thiazole rings is 1. The lowest BCUT2D eigenvalue weighted by atomic mass is 10.0. The summed E-state index contributed by atoms with van der Waals surface area (Å²) >= 11 is 3.66. The maximum Gasteiger partial charge on any atom is 0.195 e. The van der Waals surface area contributed by atoms with Crippen molar-refractivity contribution >= 4 is 96.7 Å². The van der Waals surface area contributed by atoms with Crippen molar-refractivity contribution in [3.63, 3.8) is 0 Å². The first-order valence-electron chi connectivity index (χ1n) is 16.1. The molecule has 0 bridgehead atoms. The number of rotatable bonds is 3. The molecule has 3 nitrogen and oxygen atoms in total. The van der Waals surface area contributed by atoms with E-state index in [0.29, 0.717) is 0 Å². The Balaban J connectivity index is 1.21. The Morgan fingerprint density at radius 2 is 1.04 bits per heavy atom. The molecule has 0 fully saturated rings. The molecule has 48 heavy (non-hydrogen) atoms. The fourth-order valence-corrected chi connectivity index (χ4v) is 10.0. The van der Waals surface area contributed by atoms with E-state index in [1.807, 2.05) is 11.3 Å². The summed E-state index contributed by atoms with van der Waals surface area (Å²) in [6.45, 7) is 0. The summed E-state index contributed by atoms with van der Waals surface area (Å²) in [5.41, 5.74) is 9.46. The number of hydrogen-bond acceptors (Lipinski definition) is 3. The summed E-state index contributed by atoms with van der Waals surface area (Å²) in [6.07, 6.45) is 0. The van der Waals surface area contributed by atoms with Crippen LogP contribution in [0.15, 0.2) is 152 Å². The Morgan fingerprint density at radius 3 is 1.79 bits per heavy atom. The second kappa shape index (κ2) is 9.88. The van der Waals surface area contributed by atoms with Crippen LogP contribution in [0.5, 0.6) is 0 Å². The predicted octanol–water partition coefficient (Wildman–Crippen LogP) is 12.5. The number of fused-ring (bicyclic) bond motifs is 12. The third-order valence-electron chi connectivity index (χ3n) is 9.76. The average Bonchev–Trinajstić information content (AvgIpc) is 3.90. The van der Waals surface area contributed by atoms with Gasteiger partial charge in [-0.2, -0.15) is 0 Å². The molecular formula is C43H25N3S2. The first kappa shape index (κ1) is 26.3. The van der Waals surface area contributed by atoms with Gasteiger partial charge in [0.1, 0.15) is 0 Å². The number of para-hydroxylation sites is 3. The summed E-state index contributed by atoms with van der Waals surface area (Å²) in [5.74, 6) is 0. The van der Waals surface area contributed by atoms with Gasteiger partial charge >= 0.3 is 0 Å². The minimum absolute atomic E-state index is 0.994. The van der Waals surface area contributed by atoms with E-state index in [4.69, 9.17) is 4.98 Å². The van der Waals surface area contributed by atoms with Crippen LogP contribution in [0.2, 0.25) is 0 Å². The van der Waals surface area contributed by atoms with Gasteiger partial charge in [-0.15, -0.1) is 11.3 Å². The van der Waals surface area contributed by atoms with Crippen LogP contribution < -0.4 is 0 Å². The van der Waals surface area contributed by atoms with E-state index in [1.165, 1.54) is 85.3 Å². The van der Waals surface area contributed by atoms with Crippen LogP contribution in [-0.2, 0) is 0 Å². The lowest BCUT2D eigenvalue weighted by molar-refractivity contribution is 1.15. The van der Waals surface area contributed by atoms with Gasteiger partial charge in [0, 0.05) is 47.4 Å². The molecule has 4 aromatic heterocycles. The van der Waals surface area contributed by atoms with E-state index >= 15 is 0 Å². The zero-order chi connectivity index (χ0) is 31.3. The van der Waals surface area contributed by atoms with Crippen molar-refractivity contribution < 1.29 is 0 Å². The van der Waals surface area contributed by atoms with Crippen molar-refractivity contribution in [2.24, 2.45) is 0 Å². The Kier molecular flexibility index (Phi) is 5.42. The molecular weight excluding hydrogens is 623 g/mol. The number of aromatic nitrogens is 3. The minimum atomic E-state index is 0.994. The molecule has 0 aliphatic rings. The SMILES string of the molecule is c1ccc(-c2ccc3sc4ccc5nc(-n6c7ccccc7c7c8c9ccccc9n(-c9ccccc9)c8ccc76)sc5c4c3c2)cc1. The van der Waals surface area contributed by atoms with E-state index in [-0.39, 0.29) is 0 Å². The van der Waals surface area contributed by atoms with E-state index in [9.17, 15) is 0 Å². The van der Waals surface area contributed by atoms with E-state index in [2.05, 4.69) is 161 Å². The molecule has 0 unspecified atom stereocenters.